The predicted octanol–water partition coefficient (Wildman–Crippen LogP) is 2.75. The number of benzene rings is 2. The van der Waals surface area contributed by atoms with Gasteiger partial charge in [-0.15, -0.1) is 0 Å². The number of piperazine rings is 1. The number of sulfone groups is 1. The average molecular weight is 387 g/mol. The van der Waals surface area contributed by atoms with Crippen LogP contribution < -0.4 is 5.32 Å². The smallest absolute Gasteiger partial charge is 0.254 e. The summed E-state index contributed by atoms with van der Waals surface area (Å²) in [5, 5.41) is 3.35. The molecule has 0 aliphatic carbocycles. The standard InChI is InChI=1S/C21H26N2O3S/c1-4-16-6-9-17(10-7-16)19-14-22-11-12-23(19)21(24)18-8-5-15(2)20(13-18)27(3,25)26/h5-10,13,19,22H,4,11-12,14H2,1-3H3. The van der Waals surface area contributed by atoms with Gasteiger partial charge in [0.15, 0.2) is 9.84 Å². The van der Waals surface area contributed by atoms with Gasteiger partial charge in [0, 0.05) is 31.5 Å². The summed E-state index contributed by atoms with van der Waals surface area (Å²) >= 11 is 0. The van der Waals surface area contributed by atoms with Crippen LogP contribution in [0.5, 0.6) is 0 Å². The van der Waals surface area contributed by atoms with Crippen molar-refractivity contribution in [3.8, 4) is 0 Å². The van der Waals surface area contributed by atoms with Gasteiger partial charge >= 0.3 is 0 Å². The average Bonchev–Trinajstić information content (AvgIpc) is 2.67. The normalized spacial score (nSPS) is 17.7. The molecule has 144 valence electrons. The summed E-state index contributed by atoms with van der Waals surface area (Å²) in [6.45, 7) is 5.85. The topological polar surface area (TPSA) is 66.5 Å². The molecule has 1 N–H and O–H groups in total. The molecule has 1 fully saturated rings. The molecule has 2 aromatic rings. The Hall–Kier alpha value is -2.18. The number of carbonyl (C=O) groups is 1. The van der Waals surface area contributed by atoms with Gasteiger partial charge in [-0.05, 0) is 42.2 Å². The molecule has 2 aromatic carbocycles. The quantitative estimate of drug-likeness (QED) is 0.877. The van der Waals surface area contributed by atoms with E-state index >= 15 is 0 Å². The van der Waals surface area contributed by atoms with Crippen molar-refractivity contribution in [2.45, 2.75) is 31.2 Å². The van der Waals surface area contributed by atoms with Crippen LogP contribution in [0, 0.1) is 6.92 Å². The SMILES string of the molecule is CCc1ccc(C2CNCCN2C(=O)c2ccc(C)c(S(C)(=O)=O)c2)cc1. The molecule has 1 atom stereocenters. The third kappa shape index (κ3) is 4.22. The minimum atomic E-state index is -3.38. The van der Waals surface area contributed by atoms with Crippen molar-refractivity contribution in [2.75, 3.05) is 25.9 Å². The van der Waals surface area contributed by atoms with E-state index in [1.165, 1.54) is 17.9 Å². The third-order valence-electron chi connectivity index (χ3n) is 5.11. The van der Waals surface area contributed by atoms with Crippen LogP contribution in [-0.4, -0.2) is 45.1 Å². The molecule has 1 unspecified atom stereocenters. The van der Waals surface area contributed by atoms with Crippen molar-refractivity contribution in [3.05, 3.63) is 64.7 Å². The molecule has 3 rings (SSSR count). The van der Waals surface area contributed by atoms with Crippen molar-refractivity contribution in [2.24, 2.45) is 0 Å². The van der Waals surface area contributed by atoms with Crippen LogP contribution in [0.4, 0.5) is 0 Å². The molecule has 27 heavy (non-hydrogen) atoms. The fourth-order valence-corrected chi connectivity index (χ4v) is 4.51. The highest BCUT2D eigenvalue weighted by Crippen LogP contribution is 2.26. The number of hydrogen-bond acceptors (Lipinski definition) is 4. The molecule has 5 nitrogen and oxygen atoms in total. The van der Waals surface area contributed by atoms with E-state index in [4.69, 9.17) is 0 Å². The largest absolute Gasteiger partial charge is 0.329 e. The lowest BCUT2D eigenvalue weighted by Crippen LogP contribution is -2.48. The van der Waals surface area contributed by atoms with E-state index < -0.39 is 9.84 Å². The molecule has 1 saturated heterocycles. The fraction of sp³-hybridized carbons (Fsp3) is 0.381. The third-order valence-corrected chi connectivity index (χ3v) is 6.35. The maximum absolute atomic E-state index is 13.2. The highest BCUT2D eigenvalue weighted by atomic mass is 32.2. The Bertz CT molecular complexity index is 936. The highest BCUT2D eigenvalue weighted by molar-refractivity contribution is 7.90. The first kappa shape index (κ1) is 19.6. The number of nitrogens with zero attached hydrogens (tertiary/aromatic N) is 1. The number of amides is 1. The first-order valence-electron chi connectivity index (χ1n) is 9.22. The highest BCUT2D eigenvalue weighted by Gasteiger charge is 2.29. The monoisotopic (exact) mass is 386 g/mol. The minimum Gasteiger partial charge on any atom is -0.329 e. The molecule has 0 radical (unpaired) electrons. The minimum absolute atomic E-state index is 0.0693. The second-order valence-corrected chi connectivity index (χ2v) is 9.05. The van der Waals surface area contributed by atoms with Crippen LogP contribution in [0.1, 0.15) is 40.0 Å². The molecule has 1 heterocycles. The van der Waals surface area contributed by atoms with E-state index in [0.717, 1.165) is 18.5 Å². The Morgan fingerprint density at radius 3 is 2.52 bits per heavy atom. The Balaban J connectivity index is 1.94. The molecule has 0 saturated carbocycles. The number of aryl methyl sites for hydroxylation is 2. The van der Waals surface area contributed by atoms with Crippen LogP contribution in [0.15, 0.2) is 47.4 Å². The number of hydrogen-bond donors (Lipinski definition) is 1. The van der Waals surface area contributed by atoms with E-state index in [0.29, 0.717) is 24.2 Å². The Morgan fingerprint density at radius 2 is 1.89 bits per heavy atom. The molecule has 1 amide bonds. The van der Waals surface area contributed by atoms with Crippen molar-refractivity contribution in [1.82, 2.24) is 10.2 Å². The molecule has 0 bridgehead atoms. The van der Waals surface area contributed by atoms with E-state index in [1.807, 2.05) is 4.90 Å². The van der Waals surface area contributed by atoms with Gasteiger partial charge in [0.05, 0.1) is 10.9 Å². The molecule has 1 aliphatic rings. The number of rotatable bonds is 4. The Labute approximate surface area is 161 Å². The van der Waals surface area contributed by atoms with Crippen LogP contribution in [-0.2, 0) is 16.3 Å². The summed E-state index contributed by atoms with van der Waals surface area (Å²) in [5.74, 6) is -0.133. The zero-order valence-corrected chi connectivity index (χ0v) is 16.8. The van der Waals surface area contributed by atoms with Crippen molar-refractivity contribution < 1.29 is 13.2 Å². The van der Waals surface area contributed by atoms with Crippen LogP contribution >= 0.6 is 0 Å². The lowest BCUT2D eigenvalue weighted by Gasteiger charge is -2.36. The van der Waals surface area contributed by atoms with Crippen molar-refractivity contribution in [1.29, 1.82) is 0 Å². The molecular formula is C21H26N2O3S. The zero-order valence-electron chi connectivity index (χ0n) is 16.0. The summed E-state index contributed by atoms with van der Waals surface area (Å²) in [7, 11) is -3.38. The van der Waals surface area contributed by atoms with Crippen LogP contribution in [0.2, 0.25) is 0 Å². The van der Waals surface area contributed by atoms with Crippen LogP contribution in [0.3, 0.4) is 0 Å². The number of carbonyl (C=O) groups excluding carboxylic acids is 1. The summed E-state index contributed by atoms with van der Waals surface area (Å²) in [4.78, 5) is 15.3. The Kier molecular flexibility index (Phi) is 5.67. The molecule has 0 spiro atoms. The van der Waals surface area contributed by atoms with E-state index in [2.05, 4.69) is 36.5 Å². The van der Waals surface area contributed by atoms with E-state index in [-0.39, 0.29) is 16.8 Å². The predicted molar refractivity (Wildman–Crippen MR) is 107 cm³/mol. The summed E-state index contributed by atoms with van der Waals surface area (Å²) in [6.07, 6.45) is 2.15. The maximum Gasteiger partial charge on any atom is 0.254 e. The van der Waals surface area contributed by atoms with Gasteiger partial charge in [-0.1, -0.05) is 37.3 Å². The second-order valence-electron chi connectivity index (χ2n) is 7.07. The lowest BCUT2D eigenvalue weighted by molar-refractivity contribution is 0.0634. The zero-order chi connectivity index (χ0) is 19.6. The first-order chi connectivity index (χ1) is 12.8. The lowest BCUT2D eigenvalue weighted by atomic mass is 10.00. The van der Waals surface area contributed by atoms with Gasteiger partial charge in [0.2, 0.25) is 0 Å². The Morgan fingerprint density at radius 1 is 1.19 bits per heavy atom. The summed E-state index contributed by atoms with van der Waals surface area (Å²) in [5.41, 5.74) is 3.42. The van der Waals surface area contributed by atoms with Gasteiger partial charge in [-0.25, -0.2) is 8.42 Å². The van der Waals surface area contributed by atoms with Crippen molar-refractivity contribution in [3.63, 3.8) is 0 Å². The van der Waals surface area contributed by atoms with Gasteiger partial charge in [-0.2, -0.15) is 0 Å². The van der Waals surface area contributed by atoms with Gasteiger partial charge < -0.3 is 10.2 Å². The van der Waals surface area contributed by atoms with Gasteiger partial charge in [0.1, 0.15) is 0 Å². The van der Waals surface area contributed by atoms with E-state index in [9.17, 15) is 13.2 Å². The van der Waals surface area contributed by atoms with E-state index in [1.54, 1.807) is 19.1 Å². The number of nitrogens with one attached hydrogen (secondary N) is 1. The van der Waals surface area contributed by atoms with Gasteiger partial charge in [0.25, 0.3) is 5.91 Å². The first-order valence-corrected chi connectivity index (χ1v) is 11.1. The molecule has 1 aliphatic heterocycles. The maximum atomic E-state index is 13.2. The second kappa shape index (κ2) is 7.82. The molecule has 0 aromatic heterocycles. The van der Waals surface area contributed by atoms with Gasteiger partial charge in [-0.3, -0.25) is 4.79 Å². The molecular weight excluding hydrogens is 360 g/mol. The molecule has 6 heteroatoms. The summed E-state index contributed by atoms with van der Waals surface area (Å²) in [6, 6.07) is 13.2. The van der Waals surface area contributed by atoms with Crippen LogP contribution in [0.25, 0.3) is 0 Å². The summed E-state index contributed by atoms with van der Waals surface area (Å²) < 4.78 is 24.0. The fourth-order valence-electron chi connectivity index (χ4n) is 3.52. The van der Waals surface area contributed by atoms with Crippen molar-refractivity contribution >= 4 is 15.7 Å².